The van der Waals surface area contributed by atoms with Crippen molar-refractivity contribution in [3.63, 3.8) is 0 Å². The summed E-state index contributed by atoms with van der Waals surface area (Å²) in [5, 5.41) is 8.94. The molecule has 1 aromatic carbocycles. The van der Waals surface area contributed by atoms with E-state index in [1.165, 1.54) is 0 Å². The molecule has 0 aliphatic rings. The molecule has 0 saturated heterocycles. The number of halogens is 3. The van der Waals surface area contributed by atoms with Gasteiger partial charge in [0.15, 0.2) is 0 Å². The third-order valence-corrected chi connectivity index (χ3v) is 3.31. The van der Waals surface area contributed by atoms with Crippen molar-refractivity contribution in [1.29, 1.82) is 0 Å². The van der Waals surface area contributed by atoms with Crippen molar-refractivity contribution in [2.45, 2.75) is 0 Å². The molecule has 6 heteroatoms. The highest BCUT2D eigenvalue weighted by molar-refractivity contribution is 6.39. The maximum atomic E-state index is 6.14. The average molecular weight is 299 g/mol. The summed E-state index contributed by atoms with van der Waals surface area (Å²) in [4.78, 5) is 4.23. The Balaban J connectivity index is 2.44. The second kappa shape index (κ2) is 4.43. The van der Waals surface area contributed by atoms with Crippen molar-refractivity contribution < 1.29 is 0 Å². The smallest absolute Gasteiger partial charge is 0.130 e. The molecule has 3 aromatic rings. The van der Waals surface area contributed by atoms with Gasteiger partial charge < -0.3 is 0 Å². The van der Waals surface area contributed by atoms with Crippen LogP contribution in [0.5, 0.6) is 0 Å². The Labute approximate surface area is 118 Å². The Morgan fingerprint density at radius 1 is 1.06 bits per heavy atom. The van der Waals surface area contributed by atoms with Crippen molar-refractivity contribution in [3.8, 4) is 11.1 Å². The Morgan fingerprint density at radius 3 is 2.61 bits per heavy atom. The van der Waals surface area contributed by atoms with Crippen molar-refractivity contribution in [2.75, 3.05) is 0 Å². The van der Waals surface area contributed by atoms with Gasteiger partial charge in [-0.25, -0.2) is 4.98 Å². The minimum absolute atomic E-state index is 0.378. The molecule has 0 saturated carbocycles. The third-order valence-electron chi connectivity index (χ3n) is 2.61. The standard InChI is InChI=1S/C12H6Cl3N3/c13-7-1-9-8(6-4-16-17-5-6)3-11(15)18-12(9)10(14)2-7/h1-5H,(H,16,17). The van der Waals surface area contributed by atoms with Gasteiger partial charge in [0, 0.05) is 22.2 Å². The van der Waals surface area contributed by atoms with Crippen LogP contribution in [0.15, 0.2) is 30.6 Å². The van der Waals surface area contributed by atoms with E-state index in [9.17, 15) is 0 Å². The molecule has 90 valence electrons. The number of aromatic nitrogens is 3. The molecule has 0 aliphatic heterocycles. The predicted octanol–water partition coefficient (Wildman–Crippen LogP) is 4.59. The first-order valence-corrected chi connectivity index (χ1v) is 6.23. The lowest BCUT2D eigenvalue weighted by molar-refractivity contribution is 1.09. The molecule has 1 N–H and O–H groups in total. The summed E-state index contributed by atoms with van der Waals surface area (Å²) in [6.07, 6.45) is 3.49. The summed E-state index contributed by atoms with van der Waals surface area (Å²) in [5.74, 6) is 0. The van der Waals surface area contributed by atoms with Crippen LogP contribution in [0.4, 0.5) is 0 Å². The molecule has 3 nitrogen and oxygen atoms in total. The van der Waals surface area contributed by atoms with E-state index in [1.54, 1.807) is 24.5 Å². The number of nitrogens with one attached hydrogen (secondary N) is 1. The van der Waals surface area contributed by atoms with Crippen molar-refractivity contribution in [1.82, 2.24) is 15.2 Å². The molecular weight excluding hydrogens is 293 g/mol. The molecule has 0 fully saturated rings. The molecule has 0 unspecified atom stereocenters. The molecule has 2 aromatic heterocycles. The maximum absolute atomic E-state index is 6.14. The lowest BCUT2D eigenvalue weighted by Crippen LogP contribution is -1.86. The van der Waals surface area contributed by atoms with Gasteiger partial charge in [0.1, 0.15) is 5.15 Å². The highest BCUT2D eigenvalue weighted by Gasteiger charge is 2.11. The van der Waals surface area contributed by atoms with E-state index in [2.05, 4.69) is 15.2 Å². The average Bonchev–Trinajstić information content (AvgIpc) is 2.83. The van der Waals surface area contributed by atoms with Gasteiger partial charge >= 0.3 is 0 Å². The minimum atomic E-state index is 0.378. The fraction of sp³-hybridized carbons (Fsp3) is 0. The van der Waals surface area contributed by atoms with Crippen LogP contribution >= 0.6 is 34.8 Å². The second-order valence-corrected chi connectivity index (χ2v) is 4.99. The van der Waals surface area contributed by atoms with Gasteiger partial charge in [-0.3, -0.25) is 5.10 Å². The lowest BCUT2D eigenvalue weighted by atomic mass is 10.0. The third kappa shape index (κ3) is 1.94. The number of H-pyrrole nitrogens is 1. The van der Waals surface area contributed by atoms with Crippen LogP contribution < -0.4 is 0 Å². The van der Waals surface area contributed by atoms with Crippen LogP contribution in [0, 0.1) is 0 Å². The lowest BCUT2D eigenvalue weighted by Gasteiger charge is -2.07. The highest BCUT2D eigenvalue weighted by Crippen LogP contribution is 2.35. The van der Waals surface area contributed by atoms with E-state index in [-0.39, 0.29) is 0 Å². The molecule has 18 heavy (non-hydrogen) atoms. The van der Waals surface area contributed by atoms with Gasteiger partial charge in [-0.1, -0.05) is 34.8 Å². The van der Waals surface area contributed by atoms with Crippen LogP contribution in [0.2, 0.25) is 15.2 Å². The number of nitrogens with zero attached hydrogens (tertiary/aromatic N) is 2. The Kier molecular flexibility index (Phi) is 2.90. The van der Waals surface area contributed by atoms with Crippen molar-refractivity contribution >= 4 is 45.7 Å². The quantitative estimate of drug-likeness (QED) is 0.668. The number of pyridine rings is 1. The van der Waals surface area contributed by atoms with Gasteiger partial charge in [-0.05, 0) is 23.8 Å². The number of fused-ring (bicyclic) bond motifs is 1. The Morgan fingerprint density at radius 2 is 1.89 bits per heavy atom. The zero-order valence-electron chi connectivity index (χ0n) is 8.92. The molecule has 0 atom stereocenters. The molecule has 3 rings (SSSR count). The number of hydrogen-bond donors (Lipinski definition) is 1. The predicted molar refractivity (Wildman–Crippen MR) is 74.4 cm³/mol. The van der Waals surface area contributed by atoms with Crippen LogP contribution in [0.1, 0.15) is 0 Å². The van der Waals surface area contributed by atoms with E-state index in [0.717, 1.165) is 16.5 Å². The van der Waals surface area contributed by atoms with E-state index < -0.39 is 0 Å². The number of benzene rings is 1. The fourth-order valence-corrected chi connectivity index (χ4v) is 2.59. The first-order chi connectivity index (χ1) is 8.65. The molecule has 0 aliphatic carbocycles. The first kappa shape index (κ1) is 11.8. The second-order valence-electron chi connectivity index (χ2n) is 3.76. The van der Waals surface area contributed by atoms with Crippen LogP contribution in [-0.4, -0.2) is 15.2 Å². The number of aromatic amines is 1. The summed E-state index contributed by atoms with van der Waals surface area (Å²) in [7, 11) is 0. The molecular formula is C12H6Cl3N3. The van der Waals surface area contributed by atoms with Crippen molar-refractivity contribution in [3.05, 3.63) is 45.8 Å². The Bertz CT molecular complexity index is 723. The fourth-order valence-electron chi connectivity index (χ4n) is 1.86. The van der Waals surface area contributed by atoms with E-state index in [1.807, 2.05) is 6.07 Å². The molecule has 0 bridgehead atoms. The molecule has 2 heterocycles. The first-order valence-electron chi connectivity index (χ1n) is 5.09. The molecule has 0 amide bonds. The van der Waals surface area contributed by atoms with Crippen molar-refractivity contribution in [2.24, 2.45) is 0 Å². The van der Waals surface area contributed by atoms with Gasteiger partial charge in [0.05, 0.1) is 16.7 Å². The van der Waals surface area contributed by atoms with Crippen LogP contribution in [0.25, 0.3) is 22.0 Å². The van der Waals surface area contributed by atoms with E-state index in [4.69, 9.17) is 34.8 Å². The molecule has 0 radical (unpaired) electrons. The highest BCUT2D eigenvalue weighted by atomic mass is 35.5. The number of hydrogen-bond acceptors (Lipinski definition) is 2. The summed E-state index contributed by atoms with van der Waals surface area (Å²) < 4.78 is 0. The summed E-state index contributed by atoms with van der Waals surface area (Å²) in [6, 6.07) is 5.23. The largest absolute Gasteiger partial charge is 0.285 e. The summed E-state index contributed by atoms with van der Waals surface area (Å²) >= 11 is 18.2. The van der Waals surface area contributed by atoms with Gasteiger partial charge in [-0.15, -0.1) is 0 Å². The topological polar surface area (TPSA) is 41.6 Å². The van der Waals surface area contributed by atoms with Crippen LogP contribution in [0.3, 0.4) is 0 Å². The summed E-state index contributed by atoms with van der Waals surface area (Å²) in [6.45, 7) is 0. The van der Waals surface area contributed by atoms with Crippen LogP contribution in [-0.2, 0) is 0 Å². The van der Waals surface area contributed by atoms with Gasteiger partial charge in [-0.2, -0.15) is 5.10 Å². The summed E-state index contributed by atoms with van der Waals surface area (Å²) in [5.41, 5.74) is 2.43. The minimum Gasteiger partial charge on any atom is -0.285 e. The van der Waals surface area contributed by atoms with E-state index in [0.29, 0.717) is 20.7 Å². The molecule has 0 spiro atoms. The van der Waals surface area contributed by atoms with Gasteiger partial charge in [0.25, 0.3) is 0 Å². The SMILES string of the molecule is Clc1cc(Cl)c2nc(Cl)cc(-c3cn[nH]c3)c2c1. The monoisotopic (exact) mass is 297 g/mol. The zero-order chi connectivity index (χ0) is 12.7. The van der Waals surface area contributed by atoms with Gasteiger partial charge in [0.2, 0.25) is 0 Å². The Hall–Kier alpha value is -1.29. The normalized spacial score (nSPS) is 11.1. The zero-order valence-corrected chi connectivity index (χ0v) is 11.2. The maximum Gasteiger partial charge on any atom is 0.130 e. The number of rotatable bonds is 1. The van der Waals surface area contributed by atoms with E-state index >= 15 is 0 Å².